The summed E-state index contributed by atoms with van der Waals surface area (Å²) in [4.78, 5) is 29.7. The number of aliphatic carboxylic acids is 1. The van der Waals surface area contributed by atoms with Crippen LogP contribution in [0.4, 0.5) is 0 Å². The number of benzene rings is 3. The molecule has 5 aromatic rings. The van der Waals surface area contributed by atoms with Crippen molar-refractivity contribution in [2.75, 3.05) is 6.79 Å². The third-order valence-corrected chi connectivity index (χ3v) is 5.84. The molecular formula is C27H24N4O5. The number of rotatable bonds is 4. The van der Waals surface area contributed by atoms with Crippen LogP contribution in [0.25, 0.3) is 33.2 Å². The van der Waals surface area contributed by atoms with Gasteiger partial charge in [-0.05, 0) is 17.2 Å². The first-order valence-corrected chi connectivity index (χ1v) is 11.3. The van der Waals surface area contributed by atoms with Gasteiger partial charge in [0.2, 0.25) is 6.79 Å². The molecule has 4 N–H and O–H groups in total. The first-order valence-electron chi connectivity index (χ1n) is 11.3. The molecule has 2 aromatic heterocycles. The minimum atomic E-state index is -0.833. The van der Waals surface area contributed by atoms with Crippen molar-refractivity contribution in [3.8, 4) is 22.8 Å². The van der Waals surface area contributed by atoms with Gasteiger partial charge in [0, 0.05) is 54.8 Å². The van der Waals surface area contributed by atoms with Crippen LogP contribution in [0.15, 0.2) is 71.7 Å². The number of ether oxygens (including phenoxy) is 2. The van der Waals surface area contributed by atoms with Gasteiger partial charge in [0.1, 0.15) is 5.69 Å². The van der Waals surface area contributed by atoms with Crippen LogP contribution in [0.1, 0.15) is 18.1 Å². The van der Waals surface area contributed by atoms with E-state index in [4.69, 9.17) is 30.1 Å². The zero-order chi connectivity index (χ0) is 25.2. The van der Waals surface area contributed by atoms with Gasteiger partial charge in [-0.25, -0.2) is 4.98 Å². The molecular weight excluding hydrogens is 460 g/mol. The lowest BCUT2D eigenvalue weighted by Crippen LogP contribution is -2.11. The third kappa shape index (κ3) is 4.51. The van der Waals surface area contributed by atoms with Crippen molar-refractivity contribution < 1.29 is 19.4 Å². The second-order valence-electron chi connectivity index (χ2n) is 8.36. The quantitative estimate of drug-likeness (QED) is 0.353. The lowest BCUT2D eigenvalue weighted by Gasteiger charge is -2.06. The lowest BCUT2D eigenvalue weighted by atomic mass is 10.1. The minimum Gasteiger partial charge on any atom is -0.481 e. The summed E-state index contributed by atoms with van der Waals surface area (Å²) in [6.07, 6.45) is 2.00. The van der Waals surface area contributed by atoms with Crippen molar-refractivity contribution in [1.82, 2.24) is 14.5 Å². The molecule has 0 amide bonds. The number of para-hydroxylation sites is 1. The first-order chi connectivity index (χ1) is 17.4. The van der Waals surface area contributed by atoms with Crippen molar-refractivity contribution in [2.45, 2.75) is 20.0 Å². The Balaban J connectivity index is 0.000000623. The van der Waals surface area contributed by atoms with Gasteiger partial charge in [-0.15, -0.1) is 0 Å². The normalized spacial score (nSPS) is 11.9. The van der Waals surface area contributed by atoms with Crippen molar-refractivity contribution >= 4 is 27.9 Å². The number of nitrogens with zero attached hydrogens (tertiary/aromatic N) is 2. The van der Waals surface area contributed by atoms with Gasteiger partial charge in [-0.1, -0.05) is 42.5 Å². The molecule has 0 unspecified atom stereocenters. The maximum atomic E-state index is 13.0. The number of nitrogens with one attached hydrogen (secondary N) is 1. The van der Waals surface area contributed by atoms with Crippen molar-refractivity contribution in [1.29, 1.82) is 0 Å². The maximum absolute atomic E-state index is 13.0. The Labute approximate surface area is 205 Å². The number of carbonyl (C=O) groups is 1. The summed E-state index contributed by atoms with van der Waals surface area (Å²) >= 11 is 0. The molecule has 36 heavy (non-hydrogen) atoms. The molecule has 0 saturated carbocycles. The van der Waals surface area contributed by atoms with E-state index in [0.717, 1.165) is 34.5 Å². The van der Waals surface area contributed by atoms with Crippen molar-refractivity contribution in [3.05, 3.63) is 88.3 Å². The lowest BCUT2D eigenvalue weighted by molar-refractivity contribution is -0.134. The van der Waals surface area contributed by atoms with E-state index in [9.17, 15) is 4.79 Å². The van der Waals surface area contributed by atoms with Crippen molar-refractivity contribution in [3.63, 3.8) is 0 Å². The van der Waals surface area contributed by atoms with E-state index < -0.39 is 5.97 Å². The van der Waals surface area contributed by atoms with Crippen LogP contribution in [0.2, 0.25) is 0 Å². The average Bonchev–Trinajstić information content (AvgIpc) is 3.47. The molecule has 1 aliphatic heterocycles. The molecule has 0 fully saturated rings. The molecule has 182 valence electrons. The molecule has 0 atom stereocenters. The largest absolute Gasteiger partial charge is 0.481 e. The summed E-state index contributed by atoms with van der Waals surface area (Å²) in [6, 6.07) is 19.9. The van der Waals surface area contributed by atoms with Crippen LogP contribution in [0.5, 0.6) is 11.5 Å². The summed E-state index contributed by atoms with van der Waals surface area (Å²) < 4.78 is 13.0. The predicted molar refractivity (Wildman–Crippen MR) is 136 cm³/mol. The highest BCUT2D eigenvalue weighted by Crippen LogP contribution is 2.35. The minimum absolute atomic E-state index is 0.169. The molecule has 0 saturated heterocycles. The Morgan fingerprint density at radius 2 is 1.75 bits per heavy atom. The highest BCUT2D eigenvalue weighted by molar-refractivity contribution is 5.96. The van der Waals surface area contributed by atoms with E-state index in [1.165, 1.54) is 0 Å². The Hall–Kier alpha value is -4.63. The number of carboxylic acid groups (broad SMARTS) is 1. The number of carboxylic acids is 1. The number of nitrogens with two attached hydrogens (primary N) is 1. The van der Waals surface area contributed by atoms with Gasteiger partial charge in [0.05, 0.1) is 11.0 Å². The van der Waals surface area contributed by atoms with E-state index in [0.29, 0.717) is 41.3 Å². The molecule has 3 heterocycles. The fourth-order valence-electron chi connectivity index (χ4n) is 4.20. The van der Waals surface area contributed by atoms with Crippen LogP contribution in [0.3, 0.4) is 0 Å². The Bertz CT molecular complexity index is 1630. The molecule has 9 nitrogen and oxygen atoms in total. The van der Waals surface area contributed by atoms with E-state index in [1.54, 1.807) is 12.1 Å². The number of fused-ring (bicyclic) bond motifs is 3. The van der Waals surface area contributed by atoms with Crippen molar-refractivity contribution in [2.24, 2.45) is 5.73 Å². The number of H-pyrrole nitrogens is 1. The van der Waals surface area contributed by atoms with Crippen LogP contribution >= 0.6 is 0 Å². The summed E-state index contributed by atoms with van der Waals surface area (Å²) in [7, 11) is 0. The number of aromatic nitrogens is 3. The first kappa shape index (κ1) is 23.1. The third-order valence-electron chi connectivity index (χ3n) is 5.84. The average molecular weight is 485 g/mol. The maximum Gasteiger partial charge on any atom is 0.300 e. The molecule has 3 aromatic carbocycles. The molecule has 0 spiro atoms. The highest BCUT2D eigenvalue weighted by Gasteiger charge is 2.19. The van der Waals surface area contributed by atoms with Gasteiger partial charge in [0.25, 0.3) is 11.5 Å². The van der Waals surface area contributed by atoms with E-state index >= 15 is 0 Å². The number of hydrogen-bond acceptors (Lipinski definition) is 6. The highest BCUT2D eigenvalue weighted by atomic mass is 16.7. The molecule has 1 aliphatic rings. The zero-order valence-electron chi connectivity index (χ0n) is 19.5. The Morgan fingerprint density at radius 3 is 2.47 bits per heavy atom. The fourth-order valence-corrected chi connectivity index (χ4v) is 4.20. The summed E-state index contributed by atoms with van der Waals surface area (Å²) in [5.41, 5.74) is 11.2. The van der Waals surface area contributed by atoms with Crippen LogP contribution < -0.4 is 20.8 Å². The SMILES string of the molecule is CC(=O)O.NCc1ccc(Cn2cc(-c3nc4cc5c(cc4[nH]c3=O)OCO5)c3ccccc32)cc1. The molecule has 0 radical (unpaired) electrons. The van der Waals surface area contributed by atoms with E-state index in [1.807, 2.05) is 36.5 Å². The second-order valence-corrected chi connectivity index (χ2v) is 8.36. The summed E-state index contributed by atoms with van der Waals surface area (Å²) in [5, 5.41) is 8.39. The van der Waals surface area contributed by atoms with Gasteiger partial charge < -0.3 is 29.9 Å². The van der Waals surface area contributed by atoms with Crippen LogP contribution in [-0.4, -0.2) is 32.4 Å². The predicted octanol–water partition coefficient (Wildman–Crippen LogP) is 3.87. The number of hydrogen-bond donors (Lipinski definition) is 3. The van der Waals surface area contributed by atoms with Gasteiger partial charge in [-0.2, -0.15) is 0 Å². The van der Waals surface area contributed by atoms with Gasteiger partial charge in [0.15, 0.2) is 11.5 Å². The Morgan fingerprint density at radius 1 is 1.08 bits per heavy atom. The molecule has 0 aliphatic carbocycles. The van der Waals surface area contributed by atoms with Crippen LogP contribution in [0, 0.1) is 0 Å². The summed E-state index contributed by atoms with van der Waals surface area (Å²) in [5.74, 6) is 0.409. The topological polar surface area (TPSA) is 132 Å². The summed E-state index contributed by atoms with van der Waals surface area (Å²) in [6.45, 7) is 2.45. The molecule has 9 heteroatoms. The fraction of sp³-hybridized carbons (Fsp3) is 0.148. The smallest absolute Gasteiger partial charge is 0.300 e. The molecule has 6 rings (SSSR count). The standard InChI is InChI=1S/C25H20N4O3.C2H4O2/c26-11-15-5-7-16(8-6-15)12-29-13-18(17-3-1-2-4-21(17)29)24-25(30)28-20-10-23-22(31-14-32-23)9-19(20)27-24;1-2(3)4/h1-10,13H,11-12,14,26H2,(H,28,30);1H3,(H,3,4). The van der Waals surface area contributed by atoms with E-state index in [2.05, 4.69) is 27.8 Å². The van der Waals surface area contributed by atoms with Gasteiger partial charge in [-0.3, -0.25) is 9.59 Å². The van der Waals surface area contributed by atoms with Crippen LogP contribution in [-0.2, 0) is 17.9 Å². The molecule has 0 bridgehead atoms. The number of aromatic amines is 1. The monoisotopic (exact) mass is 484 g/mol. The zero-order valence-corrected chi connectivity index (χ0v) is 19.5. The second kappa shape index (κ2) is 9.55. The Kier molecular flexibility index (Phi) is 6.14. The van der Waals surface area contributed by atoms with E-state index in [-0.39, 0.29) is 12.4 Å². The van der Waals surface area contributed by atoms with Gasteiger partial charge >= 0.3 is 0 Å².